The second kappa shape index (κ2) is 18.8. The van der Waals surface area contributed by atoms with Crippen molar-refractivity contribution in [2.75, 3.05) is 33.5 Å². The number of nitrogens with zero attached hydrogens (tertiary/aromatic N) is 1. The lowest BCUT2D eigenvalue weighted by Crippen LogP contribution is -2.46. The first-order valence-corrected chi connectivity index (χ1v) is 16.1. The Morgan fingerprint density at radius 2 is 1.29 bits per heavy atom. The van der Waals surface area contributed by atoms with Gasteiger partial charge in [-0.1, -0.05) is 19.8 Å². The highest BCUT2D eigenvalue weighted by atomic mass is 31.2. The Morgan fingerprint density at radius 3 is 1.68 bits per heavy atom. The summed E-state index contributed by atoms with van der Waals surface area (Å²) in [4.78, 5) is 36.4. The number of hydrogen-bond acceptors (Lipinski definition) is 11. The minimum Gasteiger partial charge on any atom is -0.480 e. The molecule has 2 aliphatic carbocycles. The molecular formula is C26H46N3O11P. The van der Waals surface area contributed by atoms with Crippen molar-refractivity contribution in [1.29, 1.82) is 5.41 Å². The highest BCUT2D eigenvalue weighted by Crippen LogP contribution is 2.44. The van der Waals surface area contributed by atoms with Gasteiger partial charge in [-0.05, 0) is 57.8 Å². The summed E-state index contributed by atoms with van der Waals surface area (Å²) in [5.74, 6) is -1.62. The van der Waals surface area contributed by atoms with Crippen LogP contribution in [0.15, 0.2) is 0 Å². The number of carboxylic acids is 1. The molecule has 1 unspecified atom stereocenters. The summed E-state index contributed by atoms with van der Waals surface area (Å²) in [5.41, 5.74) is 0. The molecule has 0 heterocycles. The van der Waals surface area contributed by atoms with Crippen LogP contribution in [-0.4, -0.2) is 86.0 Å². The number of ether oxygens (including phenoxy) is 4. The van der Waals surface area contributed by atoms with E-state index in [1.165, 1.54) is 7.05 Å². The fourth-order valence-electron chi connectivity index (χ4n) is 4.58. The molecule has 2 saturated carbocycles. The molecule has 2 fully saturated rings. The molecule has 0 aromatic carbocycles. The van der Waals surface area contributed by atoms with Gasteiger partial charge in [0.15, 0.2) is 0 Å². The molecule has 0 aliphatic heterocycles. The molecule has 0 aromatic rings. The number of hydrogen-bond donors (Lipinski definition) is 3. The van der Waals surface area contributed by atoms with E-state index in [0.717, 1.165) is 69.1 Å². The number of guanidine groups is 1. The quantitative estimate of drug-likeness (QED) is 0.0685. The summed E-state index contributed by atoms with van der Waals surface area (Å²) in [6, 6.07) is -1.03. The van der Waals surface area contributed by atoms with Gasteiger partial charge in [-0.3, -0.25) is 19.5 Å². The van der Waals surface area contributed by atoms with Crippen LogP contribution in [0.3, 0.4) is 0 Å². The van der Waals surface area contributed by atoms with E-state index >= 15 is 0 Å². The highest BCUT2D eigenvalue weighted by Gasteiger charge is 2.31. The Bertz CT molecular complexity index is 833. The number of rotatable bonds is 16. The van der Waals surface area contributed by atoms with E-state index in [0.29, 0.717) is 0 Å². The van der Waals surface area contributed by atoms with Gasteiger partial charge in [-0.25, -0.2) is 18.9 Å². The van der Waals surface area contributed by atoms with Gasteiger partial charge >= 0.3 is 26.0 Å². The van der Waals surface area contributed by atoms with E-state index in [-0.39, 0.29) is 57.9 Å². The van der Waals surface area contributed by atoms with Crippen LogP contribution in [-0.2, 0) is 37.4 Å². The Balaban J connectivity index is 1.79. The smallest absolute Gasteiger partial charge is 0.480 e. The third-order valence-electron chi connectivity index (χ3n) is 6.90. The van der Waals surface area contributed by atoms with Crippen LogP contribution >= 0.6 is 7.75 Å². The predicted molar refractivity (Wildman–Crippen MR) is 148 cm³/mol. The second-order valence-corrected chi connectivity index (χ2v) is 11.9. The maximum absolute atomic E-state index is 13.4. The van der Waals surface area contributed by atoms with Crippen LogP contribution in [0.4, 0.5) is 9.59 Å². The van der Waals surface area contributed by atoms with Crippen molar-refractivity contribution in [2.24, 2.45) is 0 Å². The number of carbonyl (C=O) groups is 3. The van der Waals surface area contributed by atoms with Gasteiger partial charge in [0.2, 0.25) is 5.96 Å². The summed E-state index contributed by atoms with van der Waals surface area (Å²) in [6.45, 7) is 1.25. The van der Waals surface area contributed by atoms with E-state index in [4.69, 9.17) is 33.4 Å². The third kappa shape index (κ3) is 13.8. The Hall–Kier alpha value is -2.57. The van der Waals surface area contributed by atoms with Crippen molar-refractivity contribution >= 4 is 32.0 Å². The van der Waals surface area contributed by atoms with Gasteiger partial charge in [-0.2, -0.15) is 0 Å². The van der Waals surface area contributed by atoms with Crippen LogP contribution in [0.5, 0.6) is 0 Å². The van der Waals surface area contributed by atoms with Crippen LogP contribution in [0.25, 0.3) is 0 Å². The van der Waals surface area contributed by atoms with Crippen molar-refractivity contribution in [3.63, 3.8) is 0 Å². The molecule has 2 aliphatic rings. The molecule has 0 radical (unpaired) electrons. The van der Waals surface area contributed by atoms with Crippen LogP contribution in [0, 0.1) is 5.41 Å². The lowest BCUT2D eigenvalue weighted by Gasteiger charge is -2.29. The zero-order chi connectivity index (χ0) is 30.1. The van der Waals surface area contributed by atoms with E-state index in [1.807, 2.05) is 0 Å². The molecule has 15 heteroatoms. The molecule has 0 aromatic heterocycles. The Labute approximate surface area is 241 Å². The fourth-order valence-corrected chi connectivity index (χ4v) is 5.94. The van der Waals surface area contributed by atoms with Crippen LogP contribution < -0.4 is 5.09 Å². The van der Waals surface area contributed by atoms with Crippen molar-refractivity contribution < 1.29 is 52.1 Å². The van der Waals surface area contributed by atoms with Crippen LogP contribution in [0.2, 0.25) is 0 Å². The summed E-state index contributed by atoms with van der Waals surface area (Å²) in [5, 5.41) is 20.0. The Kier molecular flexibility index (Phi) is 15.9. The molecule has 14 nitrogen and oxygen atoms in total. The van der Waals surface area contributed by atoms with Crippen molar-refractivity contribution in [2.45, 2.75) is 109 Å². The largest absolute Gasteiger partial charge is 0.508 e. The van der Waals surface area contributed by atoms with Crippen molar-refractivity contribution in [3.8, 4) is 0 Å². The topological polar surface area (TPSA) is 183 Å². The van der Waals surface area contributed by atoms with Crippen molar-refractivity contribution in [3.05, 3.63) is 0 Å². The second-order valence-electron chi connectivity index (χ2n) is 10.2. The number of nitrogens with one attached hydrogen (secondary N) is 2. The van der Waals surface area contributed by atoms with Gasteiger partial charge in [0.1, 0.15) is 18.2 Å². The maximum Gasteiger partial charge on any atom is 0.508 e. The lowest BCUT2D eigenvalue weighted by atomic mass is 9.98. The van der Waals surface area contributed by atoms with E-state index in [2.05, 4.69) is 5.09 Å². The predicted octanol–water partition coefficient (Wildman–Crippen LogP) is 5.20. The first kappa shape index (κ1) is 34.6. The normalized spacial score (nSPS) is 17.2. The van der Waals surface area contributed by atoms with Gasteiger partial charge in [-0.15, -0.1) is 0 Å². The van der Waals surface area contributed by atoms with E-state index < -0.39 is 38.0 Å². The third-order valence-corrected chi connectivity index (χ3v) is 8.44. The molecule has 0 amide bonds. The molecule has 0 bridgehead atoms. The standard InChI is InChI=1S/C26H46N3O11P/c1-3-22(23(30)31)29(2)24(27)28-41(34,37-18-10-16-35-25(32)39-20-12-6-4-7-13-20)38-19-11-17-36-26(33)40-21-14-8-5-9-15-21/h20-22H,3-19H2,1-2H3,(H,30,31)(H2,27,28,34). The molecular weight excluding hydrogens is 561 g/mol. The monoisotopic (exact) mass is 607 g/mol. The minimum absolute atomic E-state index is 0.0449. The number of likely N-dealkylation sites (N-methyl/N-ethyl adjacent to an activating group) is 1. The van der Waals surface area contributed by atoms with E-state index in [9.17, 15) is 24.1 Å². The average Bonchev–Trinajstić information content (AvgIpc) is 2.94. The fraction of sp³-hybridized carbons (Fsp3) is 0.846. The lowest BCUT2D eigenvalue weighted by molar-refractivity contribution is -0.141. The average molecular weight is 608 g/mol. The molecule has 3 N–H and O–H groups in total. The molecule has 0 saturated heterocycles. The maximum atomic E-state index is 13.4. The molecule has 2 rings (SSSR count). The zero-order valence-electron chi connectivity index (χ0n) is 24.2. The minimum atomic E-state index is -4.15. The zero-order valence-corrected chi connectivity index (χ0v) is 25.1. The highest BCUT2D eigenvalue weighted by molar-refractivity contribution is 7.52. The van der Waals surface area contributed by atoms with Crippen LogP contribution in [0.1, 0.15) is 90.4 Å². The first-order chi connectivity index (χ1) is 19.6. The molecule has 41 heavy (non-hydrogen) atoms. The van der Waals surface area contributed by atoms with E-state index in [1.54, 1.807) is 6.92 Å². The van der Waals surface area contributed by atoms with Gasteiger partial charge < -0.3 is 29.0 Å². The summed E-state index contributed by atoms with van der Waals surface area (Å²) in [7, 11) is -2.77. The molecule has 236 valence electrons. The van der Waals surface area contributed by atoms with Gasteiger partial charge in [0, 0.05) is 19.9 Å². The first-order valence-electron chi connectivity index (χ1n) is 14.5. The molecule has 1 atom stereocenters. The number of aliphatic carboxylic acids is 1. The number of carboxylic acid groups (broad SMARTS) is 1. The summed E-state index contributed by atoms with van der Waals surface area (Å²) >= 11 is 0. The Morgan fingerprint density at radius 1 is 0.854 bits per heavy atom. The SMILES string of the molecule is CCC(C(=O)O)N(C)C(=N)NP(=O)(OCCCOC(=O)OC1CCCCC1)OCCCOC(=O)OC1CCCCC1. The summed E-state index contributed by atoms with van der Waals surface area (Å²) in [6.07, 6.45) is 8.32. The summed E-state index contributed by atoms with van der Waals surface area (Å²) < 4.78 is 45.0. The van der Waals surface area contributed by atoms with Gasteiger partial charge in [0.25, 0.3) is 0 Å². The molecule has 0 spiro atoms. The van der Waals surface area contributed by atoms with Gasteiger partial charge in [0.05, 0.1) is 26.4 Å². The number of carbonyl (C=O) groups excluding carboxylic acids is 2. The van der Waals surface area contributed by atoms with Crippen molar-refractivity contribution in [1.82, 2.24) is 9.99 Å².